The lowest BCUT2D eigenvalue weighted by Crippen LogP contribution is -2.24. The number of rotatable bonds is 7. The molecular formula is C18H21NO4. The molecule has 0 aromatic heterocycles. The average Bonchev–Trinajstić information content (AvgIpc) is 2.60. The van der Waals surface area contributed by atoms with Gasteiger partial charge in [-0.15, -0.1) is 0 Å². The molecular weight excluding hydrogens is 294 g/mol. The Balaban J connectivity index is 1.75. The summed E-state index contributed by atoms with van der Waals surface area (Å²) in [4.78, 5) is 11.7. The van der Waals surface area contributed by atoms with Crippen LogP contribution in [0, 0.1) is 0 Å². The summed E-state index contributed by atoms with van der Waals surface area (Å²) in [7, 11) is 3.19. The highest BCUT2D eigenvalue weighted by Crippen LogP contribution is 2.27. The van der Waals surface area contributed by atoms with Crippen LogP contribution in [0.25, 0.3) is 0 Å². The number of methoxy groups -OCH3 is 2. The second kappa shape index (κ2) is 8.68. The number of carbonyl (C=O) groups is 1. The zero-order chi connectivity index (χ0) is 16.5. The third-order valence-corrected chi connectivity index (χ3v) is 3.35. The van der Waals surface area contributed by atoms with E-state index < -0.39 is 6.09 Å². The fourth-order valence-electron chi connectivity index (χ4n) is 2.12. The van der Waals surface area contributed by atoms with Gasteiger partial charge >= 0.3 is 6.09 Å². The molecule has 0 aliphatic heterocycles. The molecule has 5 heteroatoms. The zero-order valence-electron chi connectivity index (χ0n) is 13.4. The first kappa shape index (κ1) is 16.7. The molecule has 2 aromatic carbocycles. The van der Waals surface area contributed by atoms with Gasteiger partial charge in [-0.05, 0) is 23.3 Å². The van der Waals surface area contributed by atoms with Gasteiger partial charge in [0.2, 0.25) is 0 Å². The van der Waals surface area contributed by atoms with Crippen LogP contribution in [0.3, 0.4) is 0 Å². The van der Waals surface area contributed by atoms with E-state index in [9.17, 15) is 4.79 Å². The molecule has 0 atom stereocenters. The summed E-state index contributed by atoms with van der Waals surface area (Å²) in [6.45, 7) is 0.756. The number of alkyl carbamates (subject to hydrolysis) is 1. The summed E-state index contributed by atoms with van der Waals surface area (Å²) < 4.78 is 15.6. The molecule has 2 rings (SSSR count). The normalized spacial score (nSPS) is 10.0. The van der Waals surface area contributed by atoms with Crippen LogP contribution in [0.1, 0.15) is 11.1 Å². The highest BCUT2D eigenvalue weighted by atomic mass is 16.5. The first-order valence-electron chi connectivity index (χ1n) is 7.38. The molecule has 0 heterocycles. The van der Waals surface area contributed by atoms with Crippen molar-refractivity contribution in [2.75, 3.05) is 20.8 Å². The van der Waals surface area contributed by atoms with E-state index in [4.69, 9.17) is 14.2 Å². The van der Waals surface area contributed by atoms with Crippen LogP contribution < -0.4 is 14.8 Å². The molecule has 2 aromatic rings. The lowest BCUT2D eigenvalue weighted by molar-refractivity contribution is 0.147. The van der Waals surface area contributed by atoms with E-state index in [0.717, 1.165) is 11.1 Å². The molecule has 0 spiro atoms. The highest BCUT2D eigenvalue weighted by Gasteiger charge is 2.06. The molecule has 0 radical (unpaired) electrons. The van der Waals surface area contributed by atoms with Gasteiger partial charge in [-0.3, -0.25) is 0 Å². The van der Waals surface area contributed by atoms with Gasteiger partial charge in [0, 0.05) is 13.0 Å². The molecule has 0 saturated heterocycles. The first-order valence-corrected chi connectivity index (χ1v) is 7.38. The summed E-state index contributed by atoms with van der Waals surface area (Å²) in [5.41, 5.74) is 2.04. The van der Waals surface area contributed by atoms with Crippen LogP contribution in [-0.4, -0.2) is 26.9 Å². The molecule has 1 amide bonds. The van der Waals surface area contributed by atoms with Gasteiger partial charge in [0.15, 0.2) is 11.5 Å². The molecule has 122 valence electrons. The van der Waals surface area contributed by atoms with Crippen LogP contribution in [0.5, 0.6) is 11.5 Å². The fourth-order valence-corrected chi connectivity index (χ4v) is 2.12. The number of carbonyl (C=O) groups excluding carboxylic acids is 1. The molecule has 0 bridgehead atoms. The second-order valence-electron chi connectivity index (χ2n) is 4.91. The lowest BCUT2D eigenvalue weighted by Gasteiger charge is -2.10. The van der Waals surface area contributed by atoms with Gasteiger partial charge in [-0.25, -0.2) is 4.79 Å². The Morgan fingerprint density at radius 3 is 2.39 bits per heavy atom. The lowest BCUT2D eigenvalue weighted by atomic mass is 10.1. The number of ether oxygens (including phenoxy) is 3. The first-order chi connectivity index (χ1) is 11.2. The SMILES string of the molecule is COc1ccc(CCOC(=O)NCc2ccccc2)cc1OC. The largest absolute Gasteiger partial charge is 0.493 e. The molecule has 0 unspecified atom stereocenters. The molecule has 5 nitrogen and oxygen atoms in total. The van der Waals surface area contributed by atoms with Crippen LogP contribution >= 0.6 is 0 Å². The van der Waals surface area contributed by atoms with Gasteiger partial charge in [0.25, 0.3) is 0 Å². The monoisotopic (exact) mass is 315 g/mol. The van der Waals surface area contributed by atoms with Crippen molar-refractivity contribution in [3.05, 3.63) is 59.7 Å². The number of amides is 1. The Morgan fingerprint density at radius 2 is 1.70 bits per heavy atom. The summed E-state index contributed by atoms with van der Waals surface area (Å²) in [5.74, 6) is 1.34. The van der Waals surface area contributed by atoms with Gasteiger partial charge in [0.05, 0.1) is 20.8 Å². The van der Waals surface area contributed by atoms with E-state index in [1.807, 2.05) is 48.5 Å². The van der Waals surface area contributed by atoms with Crippen molar-refractivity contribution in [2.24, 2.45) is 0 Å². The average molecular weight is 315 g/mol. The van der Waals surface area contributed by atoms with Crippen molar-refractivity contribution in [3.63, 3.8) is 0 Å². The van der Waals surface area contributed by atoms with Crippen molar-refractivity contribution >= 4 is 6.09 Å². The quantitative estimate of drug-likeness (QED) is 0.852. The Bertz CT molecular complexity index is 628. The van der Waals surface area contributed by atoms with Crippen LogP contribution in [0.4, 0.5) is 4.79 Å². The van der Waals surface area contributed by atoms with Crippen LogP contribution in [0.15, 0.2) is 48.5 Å². The summed E-state index contributed by atoms with van der Waals surface area (Å²) >= 11 is 0. The highest BCUT2D eigenvalue weighted by molar-refractivity contribution is 5.67. The van der Waals surface area contributed by atoms with Crippen molar-refractivity contribution in [2.45, 2.75) is 13.0 Å². The molecule has 0 fully saturated rings. The standard InChI is InChI=1S/C18H21NO4/c1-21-16-9-8-14(12-17(16)22-2)10-11-23-18(20)19-13-15-6-4-3-5-7-15/h3-9,12H,10-11,13H2,1-2H3,(H,19,20). The van der Waals surface area contributed by atoms with Crippen molar-refractivity contribution in [1.82, 2.24) is 5.32 Å². The van der Waals surface area contributed by atoms with Crippen molar-refractivity contribution < 1.29 is 19.0 Å². The van der Waals surface area contributed by atoms with E-state index in [1.54, 1.807) is 14.2 Å². The number of hydrogen-bond acceptors (Lipinski definition) is 4. The van der Waals surface area contributed by atoms with E-state index >= 15 is 0 Å². The number of hydrogen-bond donors (Lipinski definition) is 1. The van der Waals surface area contributed by atoms with E-state index in [-0.39, 0.29) is 0 Å². The predicted molar refractivity (Wildman–Crippen MR) is 87.9 cm³/mol. The second-order valence-corrected chi connectivity index (χ2v) is 4.91. The summed E-state index contributed by atoms with van der Waals surface area (Å²) in [6, 6.07) is 15.3. The van der Waals surface area contributed by atoms with Gasteiger partial charge in [0.1, 0.15) is 0 Å². The maximum atomic E-state index is 11.7. The molecule has 23 heavy (non-hydrogen) atoms. The third-order valence-electron chi connectivity index (χ3n) is 3.35. The zero-order valence-corrected chi connectivity index (χ0v) is 13.4. The van der Waals surface area contributed by atoms with E-state index in [1.165, 1.54) is 0 Å². The maximum Gasteiger partial charge on any atom is 0.407 e. The predicted octanol–water partition coefficient (Wildman–Crippen LogP) is 3.17. The maximum absolute atomic E-state index is 11.7. The Kier molecular flexibility index (Phi) is 6.29. The van der Waals surface area contributed by atoms with Crippen LogP contribution in [-0.2, 0) is 17.7 Å². The molecule has 1 N–H and O–H groups in total. The number of nitrogens with one attached hydrogen (secondary N) is 1. The molecule has 0 aliphatic rings. The number of benzene rings is 2. The Hall–Kier alpha value is -2.69. The molecule has 0 saturated carbocycles. The van der Waals surface area contributed by atoms with Crippen molar-refractivity contribution in [3.8, 4) is 11.5 Å². The third kappa shape index (κ3) is 5.21. The summed E-state index contributed by atoms with van der Waals surface area (Å²) in [5, 5.41) is 2.72. The minimum absolute atomic E-state index is 0.302. The Morgan fingerprint density at radius 1 is 0.957 bits per heavy atom. The van der Waals surface area contributed by atoms with Crippen LogP contribution in [0.2, 0.25) is 0 Å². The molecule has 0 aliphatic carbocycles. The Labute approximate surface area is 136 Å². The van der Waals surface area contributed by atoms with Gasteiger partial charge in [-0.1, -0.05) is 36.4 Å². The topological polar surface area (TPSA) is 56.8 Å². The van der Waals surface area contributed by atoms with E-state index in [0.29, 0.717) is 31.1 Å². The van der Waals surface area contributed by atoms with Gasteiger partial charge in [-0.2, -0.15) is 0 Å². The summed E-state index contributed by atoms with van der Waals surface area (Å²) in [6.07, 6.45) is 0.188. The minimum Gasteiger partial charge on any atom is -0.493 e. The van der Waals surface area contributed by atoms with Gasteiger partial charge < -0.3 is 19.5 Å². The van der Waals surface area contributed by atoms with Crippen molar-refractivity contribution in [1.29, 1.82) is 0 Å². The smallest absolute Gasteiger partial charge is 0.407 e. The minimum atomic E-state index is -0.422. The fraction of sp³-hybridized carbons (Fsp3) is 0.278. The van der Waals surface area contributed by atoms with E-state index in [2.05, 4.69) is 5.32 Å².